The Morgan fingerprint density at radius 2 is 1.88 bits per heavy atom. The first-order chi connectivity index (χ1) is 11.1. The zero-order chi connectivity index (χ0) is 18.1. The number of hydrogen-bond donors (Lipinski definition) is 2. The van der Waals surface area contributed by atoms with E-state index in [1.807, 2.05) is 27.7 Å². The summed E-state index contributed by atoms with van der Waals surface area (Å²) in [6.07, 6.45) is 1.37. The maximum atomic E-state index is 14.0. The molecule has 1 fully saturated rings. The van der Waals surface area contributed by atoms with E-state index in [-0.39, 0.29) is 18.5 Å². The summed E-state index contributed by atoms with van der Waals surface area (Å²) in [5, 5.41) is 8.76. The van der Waals surface area contributed by atoms with Gasteiger partial charge < -0.3 is 20.1 Å². The molecule has 1 saturated heterocycles. The summed E-state index contributed by atoms with van der Waals surface area (Å²) in [6.45, 7) is 7.99. The first kappa shape index (κ1) is 18.6. The van der Waals surface area contributed by atoms with Crippen LogP contribution in [0.4, 0.5) is 4.39 Å². The van der Waals surface area contributed by atoms with Crippen LogP contribution in [0.5, 0.6) is 0 Å². The van der Waals surface area contributed by atoms with E-state index in [1.54, 1.807) is 12.1 Å². The molecular weight excluding hydrogens is 312 g/mol. The van der Waals surface area contributed by atoms with Gasteiger partial charge in [-0.3, -0.25) is 4.79 Å². The number of carbonyl (C=O) groups is 1. The van der Waals surface area contributed by atoms with Crippen LogP contribution in [-0.2, 0) is 20.5 Å². The fraction of sp³-hybridized carbons (Fsp3) is 0.471. The lowest BCUT2D eigenvalue weighted by Gasteiger charge is -2.32. The lowest BCUT2D eigenvalue weighted by atomic mass is 9.77. The van der Waals surface area contributed by atoms with Crippen molar-refractivity contribution in [1.82, 2.24) is 0 Å². The molecule has 0 bridgehead atoms. The van der Waals surface area contributed by atoms with Crippen molar-refractivity contribution < 1.29 is 23.6 Å². The fourth-order valence-corrected chi connectivity index (χ4v) is 2.39. The third-order valence-electron chi connectivity index (χ3n) is 4.56. The zero-order valence-corrected chi connectivity index (χ0v) is 14.4. The summed E-state index contributed by atoms with van der Waals surface area (Å²) in [4.78, 5) is 10.7. The highest BCUT2D eigenvalue weighted by molar-refractivity contribution is 6.55. The van der Waals surface area contributed by atoms with Crippen molar-refractivity contribution in [2.75, 3.05) is 6.54 Å². The van der Waals surface area contributed by atoms with Gasteiger partial charge >= 0.3 is 13.1 Å². The number of hydrogen-bond acceptors (Lipinski definition) is 4. The SMILES string of the molecule is CC1(C)OB(C(=Cc2ccc(CC(=O)O)c(F)c2)CN)OC1(C)C. The lowest BCUT2D eigenvalue weighted by molar-refractivity contribution is -0.136. The molecular formula is C17H23BFNO4. The first-order valence-corrected chi connectivity index (χ1v) is 7.82. The van der Waals surface area contributed by atoms with Crippen LogP contribution >= 0.6 is 0 Å². The van der Waals surface area contributed by atoms with E-state index in [0.717, 1.165) is 0 Å². The van der Waals surface area contributed by atoms with Crippen LogP contribution in [0.2, 0.25) is 0 Å². The molecule has 3 N–H and O–H groups in total. The van der Waals surface area contributed by atoms with Crippen molar-refractivity contribution in [3.8, 4) is 0 Å². The molecule has 7 heteroatoms. The topological polar surface area (TPSA) is 81.8 Å². The maximum absolute atomic E-state index is 14.0. The lowest BCUT2D eigenvalue weighted by Crippen LogP contribution is -2.41. The van der Waals surface area contributed by atoms with E-state index < -0.39 is 30.1 Å². The van der Waals surface area contributed by atoms with Gasteiger partial charge in [-0.15, -0.1) is 0 Å². The molecule has 1 aromatic rings. The molecule has 0 unspecified atom stereocenters. The molecule has 0 atom stereocenters. The third-order valence-corrected chi connectivity index (χ3v) is 4.56. The van der Waals surface area contributed by atoms with Gasteiger partial charge in [0, 0.05) is 6.54 Å². The average molecular weight is 335 g/mol. The van der Waals surface area contributed by atoms with Crippen LogP contribution in [0.15, 0.2) is 23.7 Å². The minimum absolute atomic E-state index is 0.143. The highest BCUT2D eigenvalue weighted by Gasteiger charge is 2.52. The molecule has 1 aromatic carbocycles. The summed E-state index contributed by atoms with van der Waals surface area (Å²) >= 11 is 0. The van der Waals surface area contributed by atoms with Gasteiger partial charge in [-0.2, -0.15) is 0 Å². The Morgan fingerprint density at radius 3 is 2.33 bits per heavy atom. The highest BCUT2D eigenvalue weighted by atomic mass is 19.1. The Kier molecular flexibility index (Phi) is 5.18. The van der Waals surface area contributed by atoms with Crippen LogP contribution in [0, 0.1) is 5.82 Å². The van der Waals surface area contributed by atoms with E-state index >= 15 is 0 Å². The zero-order valence-electron chi connectivity index (χ0n) is 14.4. The molecule has 0 radical (unpaired) electrons. The summed E-state index contributed by atoms with van der Waals surface area (Å²) in [6, 6.07) is 4.41. The van der Waals surface area contributed by atoms with Gasteiger partial charge in [0.2, 0.25) is 0 Å². The smallest absolute Gasteiger partial charge is 0.481 e. The van der Waals surface area contributed by atoms with Gasteiger partial charge in [0.25, 0.3) is 0 Å². The van der Waals surface area contributed by atoms with Crippen molar-refractivity contribution in [1.29, 1.82) is 0 Å². The fourth-order valence-electron chi connectivity index (χ4n) is 2.39. The monoisotopic (exact) mass is 335 g/mol. The summed E-state index contributed by atoms with van der Waals surface area (Å²) < 4.78 is 25.9. The Bertz CT molecular complexity index is 657. The summed E-state index contributed by atoms with van der Waals surface area (Å²) in [5.41, 5.74) is 6.26. The minimum Gasteiger partial charge on any atom is -0.481 e. The third kappa shape index (κ3) is 3.86. The number of aliphatic carboxylic acids is 1. The van der Waals surface area contributed by atoms with E-state index in [2.05, 4.69) is 0 Å². The normalized spacial score (nSPS) is 19.6. The van der Waals surface area contributed by atoms with Crippen LogP contribution in [-0.4, -0.2) is 35.9 Å². The average Bonchev–Trinajstić information content (AvgIpc) is 2.67. The number of carboxylic acids is 1. The second-order valence-electron chi connectivity index (χ2n) is 6.93. The minimum atomic E-state index is -1.07. The largest absolute Gasteiger partial charge is 0.491 e. The quantitative estimate of drug-likeness (QED) is 0.808. The number of nitrogens with two attached hydrogens (primary N) is 1. The molecule has 5 nitrogen and oxygen atoms in total. The van der Waals surface area contributed by atoms with E-state index in [9.17, 15) is 9.18 Å². The number of halogens is 1. The molecule has 0 aliphatic carbocycles. The van der Waals surface area contributed by atoms with Crippen LogP contribution in [0.1, 0.15) is 38.8 Å². The predicted molar refractivity (Wildman–Crippen MR) is 90.9 cm³/mol. The molecule has 0 spiro atoms. The van der Waals surface area contributed by atoms with Crippen LogP contribution in [0.25, 0.3) is 6.08 Å². The highest BCUT2D eigenvalue weighted by Crippen LogP contribution is 2.38. The second-order valence-corrected chi connectivity index (χ2v) is 6.93. The van der Waals surface area contributed by atoms with Crippen molar-refractivity contribution in [2.45, 2.75) is 45.3 Å². The Morgan fingerprint density at radius 1 is 1.29 bits per heavy atom. The second kappa shape index (κ2) is 6.66. The van der Waals surface area contributed by atoms with Gasteiger partial charge in [0.05, 0.1) is 17.6 Å². The van der Waals surface area contributed by atoms with Crippen LogP contribution in [0.3, 0.4) is 0 Å². The summed E-state index contributed by atoms with van der Waals surface area (Å²) in [7, 11) is -0.596. The number of rotatable bonds is 5. The Balaban J connectivity index is 2.25. The molecule has 130 valence electrons. The summed E-state index contributed by atoms with van der Waals surface area (Å²) in [5.74, 6) is -1.63. The molecule has 1 aliphatic rings. The van der Waals surface area contributed by atoms with Crippen molar-refractivity contribution in [3.05, 3.63) is 40.6 Å². The molecule has 2 rings (SSSR count). The number of carboxylic acid groups (broad SMARTS) is 1. The van der Waals surface area contributed by atoms with E-state index in [1.165, 1.54) is 12.1 Å². The van der Waals surface area contributed by atoms with Gasteiger partial charge in [-0.1, -0.05) is 18.2 Å². The standard InChI is InChI=1S/C17H23BFNO4/c1-16(2)17(3,4)24-18(23-16)13(10-20)7-11-5-6-12(9-15(21)22)14(19)8-11/h5-8H,9-10,20H2,1-4H3,(H,21,22). The van der Waals surface area contributed by atoms with Crippen molar-refractivity contribution in [2.24, 2.45) is 5.73 Å². The van der Waals surface area contributed by atoms with Gasteiger partial charge in [-0.25, -0.2) is 4.39 Å². The van der Waals surface area contributed by atoms with Crippen molar-refractivity contribution >= 4 is 19.2 Å². The van der Waals surface area contributed by atoms with Crippen molar-refractivity contribution in [3.63, 3.8) is 0 Å². The maximum Gasteiger partial charge on any atom is 0.491 e. The van der Waals surface area contributed by atoms with Gasteiger partial charge in [0.15, 0.2) is 0 Å². The van der Waals surface area contributed by atoms with E-state index in [4.69, 9.17) is 20.1 Å². The molecule has 0 aromatic heterocycles. The van der Waals surface area contributed by atoms with Crippen LogP contribution < -0.4 is 5.73 Å². The molecule has 24 heavy (non-hydrogen) atoms. The molecule has 0 saturated carbocycles. The van der Waals surface area contributed by atoms with Gasteiger partial charge in [0.1, 0.15) is 5.82 Å². The molecule has 1 heterocycles. The van der Waals surface area contributed by atoms with Gasteiger partial charge in [-0.05, 0) is 50.4 Å². The predicted octanol–water partition coefficient (Wildman–Crippen LogP) is 2.43. The molecule has 1 aliphatic heterocycles. The first-order valence-electron chi connectivity index (χ1n) is 7.82. The molecule has 0 amide bonds. The Labute approximate surface area is 141 Å². The van der Waals surface area contributed by atoms with E-state index in [0.29, 0.717) is 11.0 Å². The number of benzene rings is 1. The Hall–Kier alpha value is -1.70.